The van der Waals surface area contributed by atoms with Crippen molar-refractivity contribution in [2.24, 2.45) is 0 Å². The van der Waals surface area contributed by atoms with E-state index in [9.17, 15) is 4.79 Å². The van der Waals surface area contributed by atoms with Crippen LogP contribution in [0.4, 0.5) is 0 Å². The second-order valence-electron chi connectivity index (χ2n) is 4.76. The second kappa shape index (κ2) is 5.52. The van der Waals surface area contributed by atoms with Gasteiger partial charge < -0.3 is 4.57 Å². The highest BCUT2D eigenvalue weighted by molar-refractivity contribution is 6.33. The number of benzene rings is 1. The molecule has 0 bridgehead atoms. The van der Waals surface area contributed by atoms with Crippen molar-refractivity contribution in [3.63, 3.8) is 0 Å². The van der Waals surface area contributed by atoms with Gasteiger partial charge in [-0.15, -0.1) is 11.6 Å². The Kier molecular flexibility index (Phi) is 3.96. The number of carbonyl (C=O) groups is 1. The Morgan fingerprint density at radius 2 is 2.05 bits per heavy atom. The van der Waals surface area contributed by atoms with Crippen LogP contribution in [0.2, 0.25) is 0 Å². The predicted molar refractivity (Wildman–Crippen MR) is 79.6 cm³/mol. The van der Waals surface area contributed by atoms with Gasteiger partial charge in [0, 0.05) is 22.6 Å². The maximum atomic E-state index is 12.1. The first-order valence-corrected chi connectivity index (χ1v) is 6.77. The highest BCUT2D eigenvalue weighted by atomic mass is 35.5. The summed E-state index contributed by atoms with van der Waals surface area (Å²) in [5.41, 5.74) is 3.88. The van der Waals surface area contributed by atoms with Crippen molar-refractivity contribution in [1.82, 2.24) is 4.57 Å². The van der Waals surface area contributed by atoms with E-state index in [4.69, 9.17) is 16.9 Å². The fourth-order valence-electron chi connectivity index (χ4n) is 2.34. The van der Waals surface area contributed by atoms with Crippen LogP contribution in [-0.4, -0.2) is 15.7 Å². The van der Waals surface area contributed by atoms with Crippen molar-refractivity contribution in [2.45, 2.75) is 26.1 Å². The van der Waals surface area contributed by atoms with E-state index in [1.165, 1.54) is 0 Å². The number of ketones is 1. The van der Waals surface area contributed by atoms with Crippen molar-refractivity contribution in [1.29, 1.82) is 5.26 Å². The third kappa shape index (κ3) is 2.48. The monoisotopic (exact) mass is 286 g/mol. The highest BCUT2D eigenvalue weighted by Gasteiger charge is 2.19. The van der Waals surface area contributed by atoms with Gasteiger partial charge in [-0.05, 0) is 45.0 Å². The summed E-state index contributed by atoms with van der Waals surface area (Å²) in [6.07, 6.45) is 0. The summed E-state index contributed by atoms with van der Waals surface area (Å²) in [5, 5.41) is 8.44. The van der Waals surface area contributed by atoms with Gasteiger partial charge in [-0.25, -0.2) is 0 Å². The standard InChI is InChI=1S/C16H15ClN2O/c1-10-7-15(16(20)11(2)17)12(3)19(10)14-6-4-5-13(8-14)9-18/h4-8,11H,1-3H3. The lowest BCUT2D eigenvalue weighted by atomic mass is 10.1. The van der Waals surface area contributed by atoms with Gasteiger partial charge in [-0.2, -0.15) is 5.26 Å². The van der Waals surface area contributed by atoms with Crippen LogP contribution in [0.15, 0.2) is 30.3 Å². The van der Waals surface area contributed by atoms with Crippen LogP contribution in [0.25, 0.3) is 5.69 Å². The van der Waals surface area contributed by atoms with Gasteiger partial charge in [-0.3, -0.25) is 4.79 Å². The second-order valence-corrected chi connectivity index (χ2v) is 5.42. The number of Topliss-reactive ketones (excluding diaryl/α,β-unsaturated/α-hetero) is 1. The molecule has 0 fully saturated rings. The fourth-order valence-corrected chi connectivity index (χ4v) is 2.46. The number of nitrogens with zero attached hydrogens (tertiary/aromatic N) is 2. The number of aromatic nitrogens is 1. The quantitative estimate of drug-likeness (QED) is 0.637. The smallest absolute Gasteiger partial charge is 0.182 e. The molecule has 3 nitrogen and oxygen atoms in total. The summed E-state index contributed by atoms with van der Waals surface area (Å²) in [7, 11) is 0. The van der Waals surface area contributed by atoms with Gasteiger partial charge in [-0.1, -0.05) is 6.07 Å². The molecule has 1 aromatic carbocycles. The topological polar surface area (TPSA) is 45.8 Å². The van der Waals surface area contributed by atoms with Crippen molar-refractivity contribution >= 4 is 17.4 Å². The van der Waals surface area contributed by atoms with Gasteiger partial charge in [0.25, 0.3) is 0 Å². The van der Waals surface area contributed by atoms with Crippen molar-refractivity contribution in [3.05, 3.63) is 52.8 Å². The van der Waals surface area contributed by atoms with Crippen molar-refractivity contribution in [3.8, 4) is 11.8 Å². The minimum atomic E-state index is -0.547. The van der Waals surface area contributed by atoms with Crippen molar-refractivity contribution < 1.29 is 4.79 Å². The molecule has 0 aliphatic heterocycles. The van der Waals surface area contributed by atoms with Gasteiger partial charge in [0.2, 0.25) is 0 Å². The van der Waals surface area contributed by atoms with Crippen LogP contribution < -0.4 is 0 Å². The molecule has 1 heterocycles. The average Bonchev–Trinajstić information content (AvgIpc) is 2.73. The molecule has 2 aromatic rings. The normalized spacial score (nSPS) is 11.9. The maximum absolute atomic E-state index is 12.1. The van der Waals surface area contributed by atoms with Crippen LogP contribution in [0.3, 0.4) is 0 Å². The molecule has 20 heavy (non-hydrogen) atoms. The number of hydrogen-bond donors (Lipinski definition) is 0. The molecule has 0 saturated carbocycles. The number of hydrogen-bond acceptors (Lipinski definition) is 2. The lowest BCUT2D eigenvalue weighted by Gasteiger charge is -2.10. The molecule has 4 heteroatoms. The van der Waals surface area contributed by atoms with Gasteiger partial charge in [0.15, 0.2) is 5.78 Å². The van der Waals surface area contributed by atoms with E-state index in [0.29, 0.717) is 11.1 Å². The molecule has 2 rings (SSSR count). The first-order chi connectivity index (χ1) is 9.45. The van der Waals surface area contributed by atoms with Gasteiger partial charge in [0.1, 0.15) is 0 Å². The number of nitriles is 1. The minimum Gasteiger partial charge on any atom is -0.318 e. The van der Waals surface area contributed by atoms with E-state index in [-0.39, 0.29) is 5.78 Å². The molecule has 0 radical (unpaired) electrons. The van der Waals surface area contributed by atoms with E-state index in [1.807, 2.05) is 36.6 Å². The number of aryl methyl sites for hydroxylation is 1. The molecule has 0 aliphatic rings. The predicted octanol–water partition coefficient (Wildman–Crippen LogP) is 3.78. The Morgan fingerprint density at radius 1 is 1.35 bits per heavy atom. The summed E-state index contributed by atoms with van der Waals surface area (Å²) >= 11 is 5.89. The average molecular weight is 287 g/mol. The Hall–Kier alpha value is -2.05. The van der Waals surface area contributed by atoms with E-state index in [2.05, 4.69) is 6.07 Å². The molecule has 1 atom stereocenters. The Labute approximate surface area is 123 Å². The van der Waals surface area contributed by atoms with Crippen LogP contribution in [0.1, 0.15) is 34.2 Å². The SMILES string of the molecule is Cc1cc(C(=O)C(C)Cl)c(C)n1-c1cccc(C#N)c1. The van der Waals surface area contributed by atoms with Crippen molar-refractivity contribution in [2.75, 3.05) is 0 Å². The van der Waals surface area contributed by atoms with Crippen LogP contribution in [0, 0.1) is 25.2 Å². The van der Waals surface area contributed by atoms with Gasteiger partial charge in [0.05, 0.1) is 17.0 Å². The first kappa shape index (κ1) is 14.4. The van der Waals surface area contributed by atoms with E-state index in [1.54, 1.807) is 19.1 Å². The van der Waals surface area contributed by atoms with Gasteiger partial charge >= 0.3 is 0 Å². The first-order valence-electron chi connectivity index (χ1n) is 6.33. The summed E-state index contributed by atoms with van der Waals surface area (Å²) in [5.74, 6) is -0.0811. The third-order valence-electron chi connectivity index (χ3n) is 3.29. The Balaban J connectivity index is 2.58. The summed E-state index contributed by atoms with van der Waals surface area (Å²) < 4.78 is 1.97. The largest absolute Gasteiger partial charge is 0.318 e. The number of carbonyl (C=O) groups excluding carboxylic acids is 1. The number of alkyl halides is 1. The van der Waals surface area contributed by atoms with Crippen LogP contribution in [0.5, 0.6) is 0 Å². The fraction of sp³-hybridized carbons (Fsp3) is 0.250. The zero-order chi connectivity index (χ0) is 14.9. The Bertz CT molecular complexity index is 708. The maximum Gasteiger partial charge on any atom is 0.182 e. The third-order valence-corrected chi connectivity index (χ3v) is 3.49. The van der Waals surface area contributed by atoms with E-state index in [0.717, 1.165) is 17.1 Å². The summed E-state index contributed by atoms with van der Waals surface area (Å²) in [4.78, 5) is 12.1. The molecular weight excluding hydrogens is 272 g/mol. The molecule has 0 spiro atoms. The Morgan fingerprint density at radius 3 is 2.65 bits per heavy atom. The molecular formula is C16H15ClN2O. The lowest BCUT2D eigenvalue weighted by Crippen LogP contribution is -2.11. The lowest BCUT2D eigenvalue weighted by molar-refractivity contribution is 0.0991. The zero-order valence-electron chi connectivity index (χ0n) is 11.6. The molecule has 1 aromatic heterocycles. The van der Waals surface area contributed by atoms with Crippen LogP contribution >= 0.6 is 11.6 Å². The molecule has 102 valence electrons. The molecule has 0 aliphatic carbocycles. The summed E-state index contributed by atoms with van der Waals surface area (Å²) in [6, 6.07) is 11.3. The zero-order valence-corrected chi connectivity index (χ0v) is 12.4. The molecule has 0 amide bonds. The molecule has 0 saturated heterocycles. The number of rotatable bonds is 3. The minimum absolute atomic E-state index is 0.0811. The molecule has 0 N–H and O–H groups in total. The van der Waals surface area contributed by atoms with E-state index >= 15 is 0 Å². The molecule has 1 unspecified atom stereocenters. The number of halogens is 1. The highest BCUT2D eigenvalue weighted by Crippen LogP contribution is 2.23. The van der Waals surface area contributed by atoms with E-state index < -0.39 is 5.38 Å². The summed E-state index contributed by atoms with van der Waals surface area (Å²) in [6.45, 7) is 5.49. The van der Waals surface area contributed by atoms with Crippen LogP contribution in [-0.2, 0) is 0 Å².